The van der Waals surface area contributed by atoms with Crippen LogP contribution < -0.4 is 5.73 Å². The van der Waals surface area contributed by atoms with E-state index >= 15 is 0 Å². The van der Waals surface area contributed by atoms with E-state index in [1.165, 1.54) is 15.2 Å². The molecule has 1 fully saturated rings. The van der Waals surface area contributed by atoms with Gasteiger partial charge in [-0.1, -0.05) is 6.92 Å². The van der Waals surface area contributed by atoms with Crippen LogP contribution in [0.2, 0.25) is 0 Å². The van der Waals surface area contributed by atoms with Crippen LogP contribution in [0, 0.1) is 5.92 Å². The van der Waals surface area contributed by atoms with Crippen LogP contribution in [-0.4, -0.2) is 35.4 Å². The normalized spacial score (nSPS) is 22.9. The third-order valence-corrected chi connectivity index (χ3v) is 5.50. The third kappa shape index (κ3) is 2.37. The molecule has 1 saturated heterocycles. The number of sulfonamides is 1. The van der Waals surface area contributed by atoms with Gasteiger partial charge < -0.3 is 10.3 Å². The van der Waals surface area contributed by atoms with E-state index in [2.05, 4.69) is 11.9 Å². The molecule has 2 N–H and O–H groups in total. The van der Waals surface area contributed by atoms with Crippen molar-refractivity contribution >= 4 is 15.8 Å². The van der Waals surface area contributed by atoms with Gasteiger partial charge in [-0.05, 0) is 25.2 Å². The number of nitrogen functional groups attached to an aromatic ring is 1. The molecule has 2 heterocycles. The predicted molar refractivity (Wildman–Crippen MR) is 69.4 cm³/mol. The van der Waals surface area contributed by atoms with Crippen molar-refractivity contribution in [1.82, 2.24) is 13.9 Å². The van der Waals surface area contributed by atoms with Crippen molar-refractivity contribution in [2.75, 3.05) is 18.8 Å². The molecule has 1 aromatic heterocycles. The van der Waals surface area contributed by atoms with Crippen LogP contribution in [0.3, 0.4) is 0 Å². The summed E-state index contributed by atoms with van der Waals surface area (Å²) in [6, 6.07) is 0. The topological polar surface area (TPSA) is 81.2 Å². The third-order valence-electron chi connectivity index (χ3n) is 3.47. The van der Waals surface area contributed by atoms with Gasteiger partial charge >= 0.3 is 0 Å². The summed E-state index contributed by atoms with van der Waals surface area (Å²) in [5, 5.41) is 0.108. The summed E-state index contributed by atoms with van der Waals surface area (Å²) in [5.41, 5.74) is 5.66. The largest absolute Gasteiger partial charge is 0.381 e. The molecule has 0 bridgehead atoms. The van der Waals surface area contributed by atoms with E-state index in [0.717, 1.165) is 19.3 Å². The van der Waals surface area contributed by atoms with Gasteiger partial charge in [0, 0.05) is 20.1 Å². The Bertz CT molecular complexity index is 504. The van der Waals surface area contributed by atoms with E-state index in [1.807, 2.05) is 0 Å². The predicted octanol–water partition coefficient (Wildman–Crippen LogP) is 0.813. The second kappa shape index (κ2) is 4.89. The Morgan fingerprint density at radius 2 is 2.11 bits per heavy atom. The fraction of sp³-hybridized carbons (Fsp3) is 0.727. The Kier molecular flexibility index (Phi) is 3.63. The molecule has 0 aromatic carbocycles. The summed E-state index contributed by atoms with van der Waals surface area (Å²) in [7, 11) is -1.87. The Morgan fingerprint density at radius 1 is 1.39 bits per heavy atom. The highest BCUT2D eigenvalue weighted by molar-refractivity contribution is 7.89. The minimum Gasteiger partial charge on any atom is -0.381 e. The van der Waals surface area contributed by atoms with Crippen molar-refractivity contribution in [2.45, 2.75) is 31.2 Å². The lowest BCUT2D eigenvalue weighted by molar-refractivity contribution is 0.413. The first kappa shape index (κ1) is 13.4. The molecule has 7 heteroatoms. The summed E-state index contributed by atoms with van der Waals surface area (Å²) in [4.78, 5) is 3.85. The highest BCUT2D eigenvalue weighted by atomic mass is 32.2. The Morgan fingerprint density at radius 3 is 2.72 bits per heavy atom. The molecule has 1 atom stereocenters. The first-order valence-corrected chi connectivity index (χ1v) is 7.64. The molecule has 0 saturated carbocycles. The van der Waals surface area contributed by atoms with Crippen LogP contribution in [0.25, 0.3) is 0 Å². The average molecular weight is 272 g/mol. The van der Waals surface area contributed by atoms with Crippen LogP contribution in [0.1, 0.15) is 26.2 Å². The number of aromatic nitrogens is 2. The van der Waals surface area contributed by atoms with Crippen molar-refractivity contribution in [3.8, 4) is 0 Å². The van der Waals surface area contributed by atoms with E-state index in [0.29, 0.717) is 19.0 Å². The first-order chi connectivity index (χ1) is 8.43. The maximum absolute atomic E-state index is 12.5. The van der Waals surface area contributed by atoms with Gasteiger partial charge in [-0.15, -0.1) is 0 Å². The molecule has 1 aliphatic rings. The number of imidazole rings is 1. The van der Waals surface area contributed by atoms with E-state index in [4.69, 9.17) is 5.73 Å². The standard InChI is InChI=1S/C11H20N4O2S/c1-9-4-3-6-15(7-5-9)18(16,17)11-10(12)13-8-14(11)2/h8-9H,3-7,12H2,1-2H3. The summed E-state index contributed by atoms with van der Waals surface area (Å²) in [6.45, 7) is 3.29. The molecule has 2 rings (SSSR count). The molecule has 0 radical (unpaired) electrons. The average Bonchev–Trinajstić information content (AvgIpc) is 2.51. The molecule has 1 aliphatic heterocycles. The number of rotatable bonds is 2. The Balaban J connectivity index is 2.31. The monoisotopic (exact) mass is 272 g/mol. The summed E-state index contributed by atoms with van der Waals surface area (Å²) in [6.07, 6.45) is 4.31. The molecule has 0 aliphatic carbocycles. The number of nitrogens with two attached hydrogens (primary N) is 1. The maximum Gasteiger partial charge on any atom is 0.262 e. The minimum atomic E-state index is -3.52. The highest BCUT2D eigenvalue weighted by Crippen LogP contribution is 2.25. The number of nitrogens with zero attached hydrogens (tertiary/aromatic N) is 3. The Hall–Kier alpha value is -1.08. The van der Waals surface area contributed by atoms with Crippen molar-refractivity contribution in [1.29, 1.82) is 0 Å². The van der Waals surface area contributed by atoms with Crippen LogP contribution in [0.4, 0.5) is 5.82 Å². The van der Waals surface area contributed by atoms with Crippen molar-refractivity contribution in [3.63, 3.8) is 0 Å². The smallest absolute Gasteiger partial charge is 0.262 e. The van der Waals surface area contributed by atoms with Crippen LogP contribution in [-0.2, 0) is 17.1 Å². The lowest BCUT2D eigenvalue weighted by atomic mass is 10.0. The van der Waals surface area contributed by atoms with E-state index in [1.54, 1.807) is 7.05 Å². The first-order valence-electron chi connectivity index (χ1n) is 6.20. The number of aryl methyl sites for hydroxylation is 1. The fourth-order valence-electron chi connectivity index (χ4n) is 2.35. The van der Waals surface area contributed by atoms with Gasteiger partial charge in [-0.2, -0.15) is 4.31 Å². The fourth-order valence-corrected chi connectivity index (χ4v) is 4.04. The van der Waals surface area contributed by atoms with Gasteiger partial charge in [-0.25, -0.2) is 13.4 Å². The van der Waals surface area contributed by atoms with Crippen molar-refractivity contribution in [2.24, 2.45) is 13.0 Å². The quantitative estimate of drug-likeness (QED) is 0.864. The zero-order valence-electron chi connectivity index (χ0n) is 10.8. The zero-order valence-corrected chi connectivity index (χ0v) is 11.7. The van der Waals surface area contributed by atoms with Gasteiger partial charge in [0.2, 0.25) is 0 Å². The molecular formula is C11H20N4O2S. The molecule has 6 nitrogen and oxygen atoms in total. The lowest BCUT2D eigenvalue weighted by Crippen LogP contribution is -2.33. The lowest BCUT2D eigenvalue weighted by Gasteiger charge is -2.20. The number of hydrogen-bond donors (Lipinski definition) is 1. The van der Waals surface area contributed by atoms with Gasteiger partial charge in [0.15, 0.2) is 10.8 Å². The second-order valence-corrected chi connectivity index (χ2v) is 6.84. The summed E-state index contributed by atoms with van der Waals surface area (Å²) < 4.78 is 28.1. The minimum absolute atomic E-state index is 0.0785. The summed E-state index contributed by atoms with van der Waals surface area (Å²) in [5.74, 6) is 0.656. The van der Waals surface area contributed by atoms with Crippen LogP contribution in [0.15, 0.2) is 11.4 Å². The van der Waals surface area contributed by atoms with Gasteiger partial charge in [-0.3, -0.25) is 0 Å². The second-order valence-electron chi connectivity index (χ2n) is 4.99. The number of hydrogen-bond acceptors (Lipinski definition) is 4. The molecule has 1 unspecified atom stereocenters. The van der Waals surface area contributed by atoms with Gasteiger partial charge in [0.1, 0.15) is 0 Å². The highest BCUT2D eigenvalue weighted by Gasteiger charge is 2.31. The molecule has 18 heavy (non-hydrogen) atoms. The maximum atomic E-state index is 12.5. The number of anilines is 1. The van der Waals surface area contributed by atoms with Crippen molar-refractivity contribution < 1.29 is 8.42 Å². The molecular weight excluding hydrogens is 252 g/mol. The molecule has 102 valence electrons. The Labute approximate surface area is 108 Å². The van der Waals surface area contributed by atoms with Gasteiger partial charge in [0.25, 0.3) is 10.0 Å². The van der Waals surface area contributed by atoms with E-state index < -0.39 is 10.0 Å². The summed E-state index contributed by atoms with van der Waals surface area (Å²) >= 11 is 0. The molecule has 0 spiro atoms. The van der Waals surface area contributed by atoms with E-state index in [9.17, 15) is 8.42 Å². The van der Waals surface area contributed by atoms with E-state index in [-0.39, 0.29) is 10.8 Å². The molecule has 0 amide bonds. The van der Waals surface area contributed by atoms with Gasteiger partial charge in [0.05, 0.1) is 6.33 Å². The molecule has 1 aromatic rings. The van der Waals surface area contributed by atoms with Crippen LogP contribution >= 0.6 is 0 Å². The zero-order chi connectivity index (χ0) is 13.3. The van der Waals surface area contributed by atoms with Crippen molar-refractivity contribution in [3.05, 3.63) is 6.33 Å². The van der Waals surface area contributed by atoms with Crippen LogP contribution in [0.5, 0.6) is 0 Å². The SMILES string of the molecule is CC1CCCN(S(=O)(=O)c2c(N)ncn2C)CC1.